The number of hydrogen-bond donors (Lipinski definition) is 2. The number of carbonyl (C=O) groups is 1. The number of carbonyl (C=O) groups excluding carboxylic acids is 1. The van der Waals surface area contributed by atoms with Crippen molar-refractivity contribution < 1.29 is 4.79 Å². The first-order chi connectivity index (χ1) is 11.0. The molecule has 1 aromatic carbocycles. The molecule has 0 aliphatic carbocycles. The van der Waals surface area contributed by atoms with Gasteiger partial charge in [0.25, 0.3) is 0 Å². The van der Waals surface area contributed by atoms with Gasteiger partial charge in [-0.1, -0.05) is 19.4 Å². The third-order valence-electron chi connectivity index (χ3n) is 3.67. The Bertz CT molecular complexity index is 650. The van der Waals surface area contributed by atoms with Gasteiger partial charge in [0.05, 0.1) is 6.04 Å². The van der Waals surface area contributed by atoms with Gasteiger partial charge >= 0.3 is 6.03 Å². The lowest BCUT2D eigenvalue weighted by Gasteiger charge is -2.19. The molecule has 0 spiro atoms. The second-order valence-electron chi connectivity index (χ2n) is 5.78. The van der Waals surface area contributed by atoms with E-state index in [9.17, 15) is 4.79 Å². The standard InChI is InChI=1S/C17H25N5O/c1-5-7-15(16-18-10-11-22(16)4)20-17(23)19-13-8-6-9-14(12-13)21(2)3/h6,8-12,15H,5,7H2,1-4H3,(H2,19,20,23)/t15-/m0/s1. The highest BCUT2D eigenvalue weighted by Crippen LogP contribution is 2.19. The minimum absolute atomic E-state index is 0.1000. The van der Waals surface area contributed by atoms with Crippen molar-refractivity contribution >= 4 is 17.4 Å². The molecule has 0 aliphatic rings. The molecule has 1 aromatic heterocycles. The van der Waals surface area contributed by atoms with E-state index in [0.717, 1.165) is 30.0 Å². The predicted octanol–water partition coefficient (Wildman–Crippen LogP) is 3.15. The van der Waals surface area contributed by atoms with Crippen LogP contribution in [-0.2, 0) is 7.05 Å². The maximum absolute atomic E-state index is 12.3. The van der Waals surface area contributed by atoms with E-state index < -0.39 is 0 Å². The van der Waals surface area contributed by atoms with E-state index >= 15 is 0 Å². The van der Waals surface area contributed by atoms with Gasteiger partial charge in [-0.15, -0.1) is 0 Å². The quantitative estimate of drug-likeness (QED) is 0.861. The Morgan fingerprint density at radius 3 is 2.78 bits per heavy atom. The Balaban J connectivity index is 2.05. The van der Waals surface area contributed by atoms with Crippen LogP contribution in [0.4, 0.5) is 16.2 Å². The fourth-order valence-corrected chi connectivity index (χ4v) is 2.45. The molecule has 0 bridgehead atoms. The first-order valence-corrected chi connectivity index (χ1v) is 7.83. The SMILES string of the molecule is CCC[C@H](NC(=O)Nc1cccc(N(C)C)c1)c1nccn1C. The number of aromatic nitrogens is 2. The van der Waals surface area contributed by atoms with Crippen molar-refractivity contribution in [2.45, 2.75) is 25.8 Å². The number of benzene rings is 1. The monoisotopic (exact) mass is 315 g/mol. The van der Waals surface area contributed by atoms with Crippen LogP contribution in [0.25, 0.3) is 0 Å². The van der Waals surface area contributed by atoms with Crippen LogP contribution in [0.5, 0.6) is 0 Å². The van der Waals surface area contributed by atoms with Crippen LogP contribution < -0.4 is 15.5 Å². The Morgan fingerprint density at radius 1 is 1.39 bits per heavy atom. The van der Waals surface area contributed by atoms with Crippen molar-refractivity contribution in [3.8, 4) is 0 Å². The van der Waals surface area contributed by atoms with Gasteiger partial charge in [-0.2, -0.15) is 0 Å². The summed E-state index contributed by atoms with van der Waals surface area (Å²) >= 11 is 0. The van der Waals surface area contributed by atoms with Crippen LogP contribution in [0, 0.1) is 0 Å². The molecule has 0 saturated carbocycles. The molecule has 6 heteroatoms. The van der Waals surface area contributed by atoms with Crippen molar-refractivity contribution in [3.63, 3.8) is 0 Å². The smallest absolute Gasteiger partial charge is 0.319 e. The first kappa shape index (κ1) is 16.9. The first-order valence-electron chi connectivity index (χ1n) is 7.83. The minimum Gasteiger partial charge on any atom is -0.378 e. The van der Waals surface area contributed by atoms with Gasteiger partial charge in [-0.25, -0.2) is 9.78 Å². The van der Waals surface area contributed by atoms with Crippen LogP contribution in [0.2, 0.25) is 0 Å². The minimum atomic E-state index is -0.220. The zero-order valence-corrected chi connectivity index (χ0v) is 14.2. The van der Waals surface area contributed by atoms with Gasteiger partial charge in [-0.3, -0.25) is 0 Å². The molecule has 0 radical (unpaired) electrons. The lowest BCUT2D eigenvalue weighted by atomic mass is 10.1. The number of nitrogens with zero attached hydrogens (tertiary/aromatic N) is 3. The summed E-state index contributed by atoms with van der Waals surface area (Å²) in [7, 11) is 5.88. The number of imidazole rings is 1. The fraction of sp³-hybridized carbons (Fsp3) is 0.412. The van der Waals surface area contributed by atoms with E-state index in [0.29, 0.717) is 0 Å². The zero-order chi connectivity index (χ0) is 16.8. The summed E-state index contributed by atoms with van der Waals surface area (Å²) in [6, 6.07) is 7.42. The van der Waals surface area contributed by atoms with Gasteiger partial charge < -0.3 is 20.1 Å². The molecule has 0 fully saturated rings. The average molecular weight is 315 g/mol. The number of anilines is 2. The third-order valence-corrected chi connectivity index (χ3v) is 3.67. The largest absolute Gasteiger partial charge is 0.378 e. The number of urea groups is 1. The molecule has 0 unspecified atom stereocenters. The normalized spacial score (nSPS) is 11.8. The van der Waals surface area contributed by atoms with E-state index in [2.05, 4.69) is 22.5 Å². The topological polar surface area (TPSA) is 62.2 Å². The molecule has 124 valence electrons. The molecular formula is C17H25N5O. The lowest BCUT2D eigenvalue weighted by Crippen LogP contribution is -2.33. The summed E-state index contributed by atoms with van der Waals surface area (Å²) in [4.78, 5) is 18.7. The molecule has 6 nitrogen and oxygen atoms in total. The Labute approximate surface area is 137 Å². The fourth-order valence-electron chi connectivity index (χ4n) is 2.45. The van der Waals surface area contributed by atoms with Crippen molar-refractivity contribution in [2.24, 2.45) is 7.05 Å². The summed E-state index contributed by atoms with van der Waals surface area (Å²) in [5.74, 6) is 0.865. The Morgan fingerprint density at radius 2 is 2.17 bits per heavy atom. The summed E-state index contributed by atoms with van der Waals surface area (Å²) in [6.45, 7) is 2.09. The predicted molar refractivity (Wildman–Crippen MR) is 93.8 cm³/mol. The highest BCUT2D eigenvalue weighted by molar-refractivity contribution is 5.90. The van der Waals surface area contributed by atoms with Crippen LogP contribution in [0.1, 0.15) is 31.6 Å². The zero-order valence-electron chi connectivity index (χ0n) is 14.2. The molecule has 1 heterocycles. The number of aryl methyl sites for hydroxylation is 1. The highest BCUT2D eigenvalue weighted by Gasteiger charge is 2.17. The maximum Gasteiger partial charge on any atom is 0.319 e. The Kier molecular flexibility index (Phi) is 5.62. The molecule has 2 aromatic rings. The van der Waals surface area contributed by atoms with Crippen LogP contribution in [0.15, 0.2) is 36.7 Å². The van der Waals surface area contributed by atoms with E-state index in [1.54, 1.807) is 6.20 Å². The third kappa shape index (κ3) is 4.48. The molecule has 23 heavy (non-hydrogen) atoms. The van der Waals surface area contributed by atoms with E-state index in [-0.39, 0.29) is 12.1 Å². The van der Waals surface area contributed by atoms with Crippen LogP contribution >= 0.6 is 0 Å². The molecule has 1 atom stereocenters. The summed E-state index contributed by atoms with van der Waals surface area (Å²) in [5.41, 5.74) is 1.81. The van der Waals surface area contributed by atoms with Gasteiger partial charge in [0.2, 0.25) is 0 Å². The Hall–Kier alpha value is -2.50. The number of nitrogens with one attached hydrogen (secondary N) is 2. The van der Waals surface area contributed by atoms with E-state index in [1.807, 2.05) is 61.1 Å². The van der Waals surface area contributed by atoms with Crippen molar-refractivity contribution in [1.82, 2.24) is 14.9 Å². The average Bonchev–Trinajstić information content (AvgIpc) is 2.93. The number of amides is 2. The summed E-state index contributed by atoms with van der Waals surface area (Å²) in [6.07, 6.45) is 5.44. The number of rotatable bonds is 6. The van der Waals surface area contributed by atoms with Gasteiger partial charge in [0, 0.05) is 44.9 Å². The van der Waals surface area contributed by atoms with Crippen molar-refractivity contribution in [2.75, 3.05) is 24.3 Å². The van der Waals surface area contributed by atoms with E-state index in [4.69, 9.17) is 0 Å². The summed E-state index contributed by atoms with van der Waals surface area (Å²) < 4.78 is 1.94. The van der Waals surface area contributed by atoms with Gasteiger partial charge in [-0.05, 0) is 24.6 Å². The molecule has 0 saturated heterocycles. The van der Waals surface area contributed by atoms with Gasteiger partial charge in [0.1, 0.15) is 5.82 Å². The van der Waals surface area contributed by atoms with Gasteiger partial charge in [0.15, 0.2) is 0 Å². The molecule has 0 aliphatic heterocycles. The highest BCUT2D eigenvalue weighted by atomic mass is 16.2. The second kappa shape index (κ2) is 7.67. The molecule has 2 amide bonds. The number of hydrogen-bond acceptors (Lipinski definition) is 3. The van der Waals surface area contributed by atoms with Crippen LogP contribution in [-0.4, -0.2) is 29.7 Å². The molecular weight excluding hydrogens is 290 g/mol. The second-order valence-corrected chi connectivity index (χ2v) is 5.78. The maximum atomic E-state index is 12.3. The summed E-state index contributed by atoms with van der Waals surface area (Å²) in [5, 5.41) is 5.91. The van der Waals surface area contributed by atoms with Crippen LogP contribution in [0.3, 0.4) is 0 Å². The molecule has 2 rings (SSSR count). The van der Waals surface area contributed by atoms with E-state index in [1.165, 1.54) is 0 Å². The lowest BCUT2D eigenvalue weighted by molar-refractivity contribution is 0.247. The van der Waals surface area contributed by atoms with Crippen molar-refractivity contribution in [3.05, 3.63) is 42.5 Å². The van der Waals surface area contributed by atoms with Crippen molar-refractivity contribution in [1.29, 1.82) is 0 Å². The molecule has 2 N–H and O–H groups in total.